The Balaban J connectivity index is 0.000000446. The van der Waals surface area contributed by atoms with Crippen molar-refractivity contribution in [3.05, 3.63) is 54.4 Å². The zero-order chi connectivity index (χ0) is 29.4. The predicted octanol–water partition coefficient (Wildman–Crippen LogP) is 2.90. The van der Waals surface area contributed by atoms with E-state index in [0.29, 0.717) is 23.3 Å². The molecule has 0 saturated carbocycles. The lowest BCUT2D eigenvalue weighted by atomic mass is 9.98. The summed E-state index contributed by atoms with van der Waals surface area (Å²) in [4.78, 5) is 35.5. The molecule has 0 aliphatic heterocycles. The molecule has 3 N–H and O–H groups in total. The van der Waals surface area contributed by atoms with Crippen LogP contribution in [0, 0.1) is 0 Å². The van der Waals surface area contributed by atoms with E-state index in [1.807, 2.05) is 26.8 Å². The monoisotopic (exact) mass is 539 g/mol. The first-order chi connectivity index (χ1) is 18.7. The van der Waals surface area contributed by atoms with Crippen molar-refractivity contribution in [2.75, 3.05) is 39.0 Å². The molecule has 12 nitrogen and oxygen atoms in total. The number of carbonyl (C=O) groups excluding carboxylic acids is 2. The lowest BCUT2D eigenvalue weighted by Crippen LogP contribution is -2.21. The third-order valence-corrected chi connectivity index (χ3v) is 5.87. The van der Waals surface area contributed by atoms with Crippen LogP contribution in [0.5, 0.6) is 0 Å². The van der Waals surface area contributed by atoms with Crippen LogP contribution in [-0.2, 0) is 4.79 Å². The summed E-state index contributed by atoms with van der Waals surface area (Å²) in [7, 11) is 2.08. The number of nitrogens with zero attached hydrogens (tertiary/aromatic N) is 8. The molecule has 0 amide bonds. The van der Waals surface area contributed by atoms with Crippen LogP contribution in [0.1, 0.15) is 68.6 Å². The summed E-state index contributed by atoms with van der Waals surface area (Å²) in [6, 6.07) is 0. The van der Waals surface area contributed by atoms with Crippen molar-refractivity contribution in [2.24, 2.45) is 4.99 Å². The molecule has 0 saturated heterocycles. The molecule has 0 radical (unpaired) electrons. The number of aliphatic hydroxyl groups is 1. The quantitative estimate of drug-likeness (QED) is 0.171. The maximum absolute atomic E-state index is 11.6. The van der Waals surface area contributed by atoms with Crippen LogP contribution in [-0.4, -0.2) is 91.1 Å². The number of hydrogen-bond donors (Lipinski definition) is 2. The van der Waals surface area contributed by atoms with E-state index in [1.165, 1.54) is 10.8 Å². The number of rotatable bonds is 10. The normalized spacial score (nSPS) is 12.3. The zero-order valence-electron chi connectivity index (χ0n) is 23.8. The van der Waals surface area contributed by atoms with Crippen LogP contribution in [0.15, 0.2) is 42.6 Å². The van der Waals surface area contributed by atoms with Crippen LogP contribution in [0.3, 0.4) is 0 Å². The van der Waals surface area contributed by atoms with Crippen molar-refractivity contribution in [3.8, 4) is 0 Å². The summed E-state index contributed by atoms with van der Waals surface area (Å²) >= 11 is 0. The van der Waals surface area contributed by atoms with E-state index in [1.54, 1.807) is 23.3 Å². The third kappa shape index (κ3) is 9.34. The third-order valence-electron chi connectivity index (χ3n) is 5.87. The predicted molar refractivity (Wildman–Crippen MR) is 155 cm³/mol. The van der Waals surface area contributed by atoms with Gasteiger partial charge >= 0.3 is 0 Å². The average Bonchev–Trinajstić information content (AvgIpc) is 3.64. The van der Waals surface area contributed by atoms with Gasteiger partial charge in [-0.3, -0.25) is 9.79 Å². The van der Waals surface area contributed by atoms with Gasteiger partial charge in [0, 0.05) is 18.0 Å². The van der Waals surface area contributed by atoms with Gasteiger partial charge in [0.15, 0.2) is 11.9 Å². The van der Waals surface area contributed by atoms with Gasteiger partial charge < -0.3 is 20.5 Å². The highest BCUT2D eigenvalue weighted by Gasteiger charge is 2.21. The van der Waals surface area contributed by atoms with E-state index in [4.69, 9.17) is 20.6 Å². The number of allylic oxidation sites excluding steroid dienone is 3. The Morgan fingerprint density at radius 3 is 2.49 bits per heavy atom. The molecule has 3 heterocycles. The number of anilines is 1. The molecule has 0 bridgehead atoms. The molecule has 3 rings (SSSR count). The first kappa shape index (κ1) is 33.0. The van der Waals surface area contributed by atoms with E-state index in [0.717, 1.165) is 55.0 Å². The average molecular weight is 540 g/mol. The minimum Gasteiger partial charge on any atom is -0.389 e. The van der Waals surface area contributed by atoms with Crippen molar-refractivity contribution in [3.63, 3.8) is 0 Å². The Bertz CT molecular complexity index is 1250. The van der Waals surface area contributed by atoms with Gasteiger partial charge in [0.2, 0.25) is 0 Å². The Morgan fingerprint density at radius 2 is 2.00 bits per heavy atom. The second-order valence-corrected chi connectivity index (χ2v) is 8.45. The number of aromatic nitrogens is 6. The molecule has 212 valence electrons. The standard InChI is InChI=1S/C19H27N5O.C6H10N4.C2H4O2/c1-6-14(7-2)15-11-21-24-18(20)16(12-25)17(22-19(15)24)13(4)9-10-23(5)8-3;1-3-8-6(2)10-5-7-4-9-10;3-1-2-4/h6-7,11-13H,1,8-10,20H2,2-5H3;4-5H,3H2,1-2H3;1,4H,2H2. The number of nitrogen functional groups attached to an aromatic ring is 1. The number of nitrogens with two attached hydrogens (primary N) is 1. The highest BCUT2D eigenvalue weighted by molar-refractivity contribution is 5.87. The second-order valence-electron chi connectivity index (χ2n) is 8.45. The molecule has 1 atom stereocenters. The Morgan fingerprint density at radius 1 is 1.31 bits per heavy atom. The van der Waals surface area contributed by atoms with Gasteiger partial charge in [0.1, 0.15) is 30.6 Å². The van der Waals surface area contributed by atoms with Gasteiger partial charge in [-0.15, -0.1) is 0 Å². The molecule has 0 spiro atoms. The number of aliphatic imine (C=N–C) groups is 1. The van der Waals surface area contributed by atoms with Crippen LogP contribution >= 0.6 is 0 Å². The van der Waals surface area contributed by atoms with E-state index >= 15 is 0 Å². The topological polar surface area (TPSA) is 157 Å². The van der Waals surface area contributed by atoms with Crippen molar-refractivity contribution >= 4 is 35.4 Å². The molecule has 1 unspecified atom stereocenters. The summed E-state index contributed by atoms with van der Waals surface area (Å²) in [6.45, 7) is 16.2. The first-order valence-corrected chi connectivity index (χ1v) is 12.7. The molecule has 0 fully saturated rings. The Hall–Kier alpha value is -4.03. The number of hydrogen-bond acceptors (Lipinski definition) is 10. The smallest absolute Gasteiger partial charge is 0.165 e. The minimum absolute atomic E-state index is 0.113. The van der Waals surface area contributed by atoms with E-state index < -0.39 is 0 Å². The molecule has 0 aliphatic rings. The zero-order valence-corrected chi connectivity index (χ0v) is 23.8. The second kappa shape index (κ2) is 17.5. The summed E-state index contributed by atoms with van der Waals surface area (Å²) in [5, 5.41) is 15.7. The summed E-state index contributed by atoms with van der Waals surface area (Å²) in [5.74, 6) is 1.32. The lowest BCUT2D eigenvalue weighted by Gasteiger charge is -2.19. The van der Waals surface area contributed by atoms with E-state index in [9.17, 15) is 4.79 Å². The number of carbonyl (C=O) groups is 2. The highest BCUT2D eigenvalue weighted by atomic mass is 16.3. The SMILES string of the molecule is C=CC(=CC)c1cnn2c(N)c(C=O)c(C(C)CCN(C)CC)nc12.CCN=C(C)n1cncn1.O=CCO. The van der Waals surface area contributed by atoms with Crippen molar-refractivity contribution in [1.29, 1.82) is 0 Å². The number of fused-ring (bicyclic) bond motifs is 1. The van der Waals surface area contributed by atoms with E-state index in [-0.39, 0.29) is 12.5 Å². The largest absolute Gasteiger partial charge is 0.389 e. The molecule has 3 aromatic rings. The van der Waals surface area contributed by atoms with Crippen LogP contribution in [0.25, 0.3) is 11.2 Å². The maximum Gasteiger partial charge on any atom is 0.165 e. The van der Waals surface area contributed by atoms with Gasteiger partial charge in [-0.2, -0.15) is 14.7 Å². The van der Waals surface area contributed by atoms with Crippen molar-refractivity contribution in [2.45, 2.75) is 47.0 Å². The Kier molecular flexibility index (Phi) is 14.8. The van der Waals surface area contributed by atoms with Gasteiger partial charge in [0.05, 0.1) is 24.1 Å². The molecule has 3 aromatic heterocycles. The van der Waals surface area contributed by atoms with Gasteiger partial charge in [-0.25, -0.2) is 14.6 Å². The molecule has 0 aliphatic carbocycles. The number of aldehydes is 2. The summed E-state index contributed by atoms with van der Waals surface area (Å²) in [6.07, 6.45) is 10.7. The fraction of sp³-hybridized carbons (Fsp3) is 0.444. The van der Waals surface area contributed by atoms with Crippen LogP contribution in [0.2, 0.25) is 0 Å². The molecule has 39 heavy (non-hydrogen) atoms. The fourth-order valence-electron chi connectivity index (χ4n) is 3.51. The molecular formula is C27H41N9O3. The van der Waals surface area contributed by atoms with Crippen molar-refractivity contribution in [1.82, 2.24) is 34.3 Å². The van der Waals surface area contributed by atoms with E-state index in [2.05, 4.69) is 52.5 Å². The first-order valence-electron chi connectivity index (χ1n) is 12.7. The fourth-order valence-corrected chi connectivity index (χ4v) is 3.51. The molecular weight excluding hydrogens is 498 g/mol. The Labute approximate surface area is 230 Å². The van der Waals surface area contributed by atoms with Gasteiger partial charge in [-0.05, 0) is 52.9 Å². The van der Waals surface area contributed by atoms with Crippen LogP contribution < -0.4 is 5.73 Å². The van der Waals surface area contributed by atoms with Gasteiger partial charge in [-0.1, -0.05) is 32.6 Å². The summed E-state index contributed by atoms with van der Waals surface area (Å²) in [5.41, 5.74) is 9.82. The van der Waals surface area contributed by atoms with Gasteiger partial charge in [0.25, 0.3) is 0 Å². The van der Waals surface area contributed by atoms with Crippen molar-refractivity contribution < 1.29 is 14.7 Å². The molecule has 12 heteroatoms. The minimum atomic E-state index is -0.361. The maximum atomic E-state index is 11.6. The summed E-state index contributed by atoms with van der Waals surface area (Å²) < 4.78 is 3.17. The number of aliphatic hydroxyl groups excluding tert-OH is 1. The van der Waals surface area contributed by atoms with Crippen LogP contribution in [0.4, 0.5) is 5.82 Å². The highest BCUT2D eigenvalue weighted by Crippen LogP contribution is 2.28. The lowest BCUT2D eigenvalue weighted by molar-refractivity contribution is -0.110. The molecule has 0 aromatic carbocycles.